The largest absolute Gasteiger partial charge is 0.212 e. The van der Waals surface area contributed by atoms with Crippen molar-refractivity contribution < 1.29 is 4.39 Å². The first-order valence-corrected chi connectivity index (χ1v) is 5.49. The molecule has 0 aromatic heterocycles. The van der Waals surface area contributed by atoms with Crippen molar-refractivity contribution in [3.8, 4) is 0 Å². The molecule has 0 saturated carbocycles. The van der Waals surface area contributed by atoms with Gasteiger partial charge < -0.3 is 0 Å². The Bertz CT molecular complexity index is 329. The van der Waals surface area contributed by atoms with Gasteiger partial charge >= 0.3 is 0 Å². The molecule has 0 aliphatic heterocycles. The van der Waals surface area contributed by atoms with Crippen molar-refractivity contribution in [3.63, 3.8) is 0 Å². The first-order chi connectivity index (χ1) is 6.59. The molecule has 0 saturated heterocycles. The first-order valence-electron chi connectivity index (χ1n) is 4.70. The lowest BCUT2D eigenvalue weighted by Gasteiger charge is -2.02. The Labute approximate surface area is 93.0 Å². The van der Waals surface area contributed by atoms with E-state index < -0.39 is 0 Å². The Kier molecular flexibility index (Phi) is 4.33. The van der Waals surface area contributed by atoms with Crippen molar-refractivity contribution in [1.82, 2.24) is 0 Å². The number of benzene rings is 1. The van der Waals surface area contributed by atoms with Gasteiger partial charge in [0.2, 0.25) is 0 Å². The summed E-state index contributed by atoms with van der Waals surface area (Å²) < 4.78 is 14.3. The first kappa shape index (κ1) is 11.4. The van der Waals surface area contributed by atoms with E-state index in [-0.39, 0.29) is 5.83 Å². The van der Waals surface area contributed by atoms with Crippen LogP contribution in [0.1, 0.15) is 25.8 Å². The monoisotopic (exact) mass is 256 g/mol. The van der Waals surface area contributed by atoms with Gasteiger partial charge in [-0.1, -0.05) is 48.0 Å². The maximum absolute atomic E-state index is 13.4. The zero-order valence-corrected chi connectivity index (χ0v) is 10.0. The van der Waals surface area contributed by atoms with Gasteiger partial charge in [0.25, 0.3) is 0 Å². The fraction of sp³-hybridized carbons (Fsp3) is 0.333. The van der Waals surface area contributed by atoms with E-state index in [1.54, 1.807) is 6.08 Å². The number of allylic oxidation sites excluding steroid dienone is 1. The van der Waals surface area contributed by atoms with E-state index in [0.717, 1.165) is 10.0 Å². The van der Waals surface area contributed by atoms with Crippen LogP contribution in [0, 0.1) is 5.92 Å². The molecule has 0 nitrogen and oxygen atoms in total. The van der Waals surface area contributed by atoms with Gasteiger partial charge in [0.05, 0.1) is 0 Å². The van der Waals surface area contributed by atoms with Crippen molar-refractivity contribution in [2.24, 2.45) is 5.92 Å². The molecular formula is C12H14BrF. The fourth-order valence-electron chi connectivity index (χ4n) is 1.21. The second kappa shape index (κ2) is 5.30. The maximum atomic E-state index is 13.4. The Hall–Kier alpha value is -0.630. The van der Waals surface area contributed by atoms with Gasteiger partial charge in [0.15, 0.2) is 0 Å². The van der Waals surface area contributed by atoms with Crippen LogP contribution >= 0.6 is 15.9 Å². The Morgan fingerprint density at radius 1 is 1.43 bits per heavy atom. The van der Waals surface area contributed by atoms with E-state index >= 15 is 0 Å². The minimum absolute atomic E-state index is 0.0631. The van der Waals surface area contributed by atoms with Gasteiger partial charge in [0.1, 0.15) is 5.83 Å². The third-order valence-electron chi connectivity index (χ3n) is 1.82. The third kappa shape index (κ3) is 3.62. The molecule has 0 aliphatic rings. The van der Waals surface area contributed by atoms with Crippen LogP contribution in [-0.4, -0.2) is 0 Å². The Balaban J connectivity index is 2.81. The summed E-state index contributed by atoms with van der Waals surface area (Å²) in [5.41, 5.74) is 0.894. The molecule has 0 unspecified atom stereocenters. The van der Waals surface area contributed by atoms with Crippen LogP contribution in [0.25, 0.3) is 6.08 Å². The van der Waals surface area contributed by atoms with E-state index in [4.69, 9.17) is 0 Å². The molecule has 0 heterocycles. The van der Waals surface area contributed by atoms with Crippen LogP contribution in [0.2, 0.25) is 0 Å². The summed E-state index contributed by atoms with van der Waals surface area (Å²) in [5.74, 6) is 0.292. The molecule has 0 aliphatic carbocycles. The quantitative estimate of drug-likeness (QED) is 0.729. The summed E-state index contributed by atoms with van der Waals surface area (Å²) in [6.07, 6.45) is 2.09. The molecule has 0 N–H and O–H groups in total. The highest BCUT2D eigenvalue weighted by molar-refractivity contribution is 9.10. The normalized spacial score (nSPS) is 12.2. The summed E-state index contributed by atoms with van der Waals surface area (Å²) in [6.45, 7) is 4.01. The standard InChI is InChI=1S/C12H14BrF/c1-9(2)7-11(14)8-10-5-3-4-6-12(10)13/h3-6,8-9H,7H2,1-2H3/b11-8-. The molecule has 2 heteroatoms. The molecule has 0 atom stereocenters. The van der Waals surface area contributed by atoms with E-state index in [0.29, 0.717) is 12.3 Å². The molecule has 76 valence electrons. The third-order valence-corrected chi connectivity index (χ3v) is 2.54. The second-order valence-corrected chi connectivity index (χ2v) is 4.57. The Morgan fingerprint density at radius 3 is 2.64 bits per heavy atom. The van der Waals surface area contributed by atoms with Crippen molar-refractivity contribution in [2.75, 3.05) is 0 Å². The SMILES string of the molecule is CC(C)C/C(F)=C/c1ccccc1Br. The molecule has 0 fully saturated rings. The van der Waals surface area contributed by atoms with Crippen LogP contribution in [0.3, 0.4) is 0 Å². The topological polar surface area (TPSA) is 0 Å². The highest BCUT2D eigenvalue weighted by Gasteiger charge is 2.01. The average molecular weight is 257 g/mol. The average Bonchev–Trinajstić information content (AvgIpc) is 2.07. The lowest BCUT2D eigenvalue weighted by Crippen LogP contribution is -1.87. The molecule has 1 aromatic carbocycles. The lowest BCUT2D eigenvalue weighted by atomic mass is 10.1. The second-order valence-electron chi connectivity index (χ2n) is 3.71. The zero-order chi connectivity index (χ0) is 10.6. The molecule has 0 spiro atoms. The smallest absolute Gasteiger partial charge is 0.101 e. The zero-order valence-electron chi connectivity index (χ0n) is 8.43. The molecular weight excluding hydrogens is 243 g/mol. The predicted octanol–water partition coefficient (Wildman–Crippen LogP) is 4.81. The van der Waals surface area contributed by atoms with Gasteiger partial charge in [-0.05, 0) is 23.6 Å². The van der Waals surface area contributed by atoms with Crippen molar-refractivity contribution in [1.29, 1.82) is 0 Å². The van der Waals surface area contributed by atoms with Gasteiger partial charge in [0, 0.05) is 10.9 Å². The maximum Gasteiger partial charge on any atom is 0.101 e. The minimum Gasteiger partial charge on any atom is -0.212 e. The number of rotatable bonds is 3. The molecule has 0 bridgehead atoms. The number of halogens is 2. The highest BCUT2D eigenvalue weighted by Crippen LogP contribution is 2.21. The van der Waals surface area contributed by atoms with Crippen LogP contribution in [-0.2, 0) is 0 Å². The van der Waals surface area contributed by atoms with E-state index in [1.807, 2.05) is 38.1 Å². The molecule has 14 heavy (non-hydrogen) atoms. The van der Waals surface area contributed by atoms with Crippen LogP contribution in [0.4, 0.5) is 4.39 Å². The van der Waals surface area contributed by atoms with Crippen LogP contribution in [0.15, 0.2) is 34.6 Å². The summed E-state index contributed by atoms with van der Waals surface area (Å²) in [5, 5.41) is 0. The Morgan fingerprint density at radius 2 is 2.07 bits per heavy atom. The predicted molar refractivity (Wildman–Crippen MR) is 62.7 cm³/mol. The fourth-order valence-corrected chi connectivity index (χ4v) is 1.61. The summed E-state index contributed by atoms with van der Waals surface area (Å²) >= 11 is 3.38. The number of hydrogen-bond acceptors (Lipinski definition) is 0. The van der Waals surface area contributed by atoms with Crippen LogP contribution in [0.5, 0.6) is 0 Å². The number of hydrogen-bond donors (Lipinski definition) is 0. The minimum atomic E-state index is -0.0631. The van der Waals surface area contributed by atoms with E-state index in [9.17, 15) is 4.39 Å². The molecule has 0 radical (unpaired) electrons. The van der Waals surface area contributed by atoms with Gasteiger partial charge in [-0.2, -0.15) is 0 Å². The molecule has 0 amide bonds. The highest BCUT2D eigenvalue weighted by atomic mass is 79.9. The van der Waals surface area contributed by atoms with Crippen molar-refractivity contribution in [3.05, 3.63) is 40.1 Å². The van der Waals surface area contributed by atoms with Gasteiger partial charge in [-0.15, -0.1) is 0 Å². The van der Waals surface area contributed by atoms with Crippen LogP contribution < -0.4 is 0 Å². The van der Waals surface area contributed by atoms with Gasteiger partial charge in [-0.25, -0.2) is 4.39 Å². The summed E-state index contributed by atoms with van der Waals surface area (Å²) in [4.78, 5) is 0. The summed E-state index contributed by atoms with van der Waals surface area (Å²) in [7, 11) is 0. The van der Waals surface area contributed by atoms with E-state index in [2.05, 4.69) is 15.9 Å². The van der Waals surface area contributed by atoms with E-state index in [1.165, 1.54) is 0 Å². The lowest BCUT2D eigenvalue weighted by molar-refractivity contribution is 0.522. The van der Waals surface area contributed by atoms with Crippen molar-refractivity contribution >= 4 is 22.0 Å². The summed E-state index contributed by atoms with van der Waals surface area (Å²) in [6, 6.07) is 7.62. The van der Waals surface area contributed by atoms with Gasteiger partial charge in [-0.3, -0.25) is 0 Å². The molecule has 1 aromatic rings. The molecule has 1 rings (SSSR count). The van der Waals surface area contributed by atoms with Crippen molar-refractivity contribution in [2.45, 2.75) is 20.3 Å².